The largest absolute Gasteiger partial charge is 0.314 e. The van der Waals surface area contributed by atoms with E-state index in [0.29, 0.717) is 6.04 Å². The molecule has 0 unspecified atom stereocenters. The van der Waals surface area contributed by atoms with Crippen molar-refractivity contribution in [2.75, 3.05) is 6.54 Å². The summed E-state index contributed by atoms with van der Waals surface area (Å²) in [5.41, 5.74) is 1.05. The van der Waals surface area contributed by atoms with Gasteiger partial charge in [-0.1, -0.05) is 25.4 Å². The van der Waals surface area contributed by atoms with Crippen molar-refractivity contribution in [2.45, 2.75) is 26.3 Å². The Labute approximate surface area is 105 Å². The van der Waals surface area contributed by atoms with Crippen molar-refractivity contribution in [2.24, 2.45) is 0 Å². The molecule has 0 saturated carbocycles. The van der Waals surface area contributed by atoms with Gasteiger partial charge in [0.05, 0.1) is 15.2 Å². The molecule has 0 amide bonds. The summed E-state index contributed by atoms with van der Waals surface area (Å²) in [5, 5.41) is 5.34. The van der Waals surface area contributed by atoms with Crippen LogP contribution in [0.15, 0.2) is 18.2 Å². The zero-order valence-electron chi connectivity index (χ0n) is 9.46. The highest BCUT2D eigenvalue weighted by molar-refractivity contribution is 7.18. The van der Waals surface area contributed by atoms with Crippen LogP contribution in [0.4, 0.5) is 0 Å². The maximum atomic E-state index is 5.94. The van der Waals surface area contributed by atoms with Crippen LogP contribution in [0.25, 0.3) is 10.2 Å². The lowest BCUT2D eigenvalue weighted by atomic mass is 10.3. The van der Waals surface area contributed by atoms with E-state index >= 15 is 0 Å². The molecule has 16 heavy (non-hydrogen) atoms. The minimum Gasteiger partial charge on any atom is -0.314 e. The van der Waals surface area contributed by atoms with Crippen molar-refractivity contribution >= 4 is 33.2 Å². The maximum Gasteiger partial charge on any atom is 0.0951 e. The predicted octanol–water partition coefficient (Wildman–Crippen LogP) is 3.49. The van der Waals surface area contributed by atoms with Crippen molar-refractivity contribution in [1.82, 2.24) is 10.3 Å². The van der Waals surface area contributed by atoms with Gasteiger partial charge in [0.25, 0.3) is 0 Å². The molecule has 0 aliphatic rings. The van der Waals surface area contributed by atoms with E-state index in [1.54, 1.807) is 11.3 Å². The number of nitrogens with one attached hydrogen (secondary N) is 1. The van der Waals surface area contributed by atoms with Gasteiger partial charge in [-0.15, -0.1) is 11.3 Å². The fourth-order valence-corrected chi connectivity index (χ4v) is 2.76. The van der Waals surface area contributed by atoms with E-state index in [1.807, 2.05) is 18.2 Å². The third-order valence-corrected chi connectivity index (χ3v) is 3.60. The summed E-state index contributed by atoms with van der Waals surface area (Å²) >= 11 is 7.67. The van der Waals surface area contributed by atoms with E-state index in [0.717, 1.165) is 23.5 Å². The topological polar surface area (TPSA) is 24.9 Å². The standard InChI is InChI=1S/C12H15ClN2S/c1-8(2)14-6-5-12-15-10-4-3-9(13)7-11(10)16-12/h3-4,7-8,14H,5-6H2,1-2H3. The zero-order chi connectivity index (χ0) is 11.5. The molecule has 86 valence electrons. The highest BCUT2D eigenvalue weighted by Gasteiger charge is 2.04. The van der Waals surface area contributed by atoms with Crippen LogP contribution in [-0.4, -0.2) is 17.6 Å². The van der Waals surface area contributed by atoms with Crippen molar-refractivity contribution in [3.63, 3.8) is 0 Å². The molecule has 0 spiro atoms. The van der Waals surface area contributed by atoms with Gasteiger partial charge in [-0.3, -0.25) is 0 Å². The molecule has 0 saturated heterocycles. The van der Waals surface area contributed by atoms with Crippen molar-refractivity contribution in [3.05, 3.63) is 28.2 Å². The van der Waals surface area contributed by atoms with Gasteiger partial charge < -0.3 is 5.32 Å². The van der Waals surface area contributed by atoms with E-state index in [4.69, 9.17) is 11.6 Å². The van der Waals surface area contributed by atoms with Crippen LogP contribution >= 0.6 is 22.9 Å². The lowest BCUT2D eigenvalue weighted by Gasteiger charge is -2.05. The second kappa shape index (κ2) is 5.13. The molecular weight excluding hydrogens is 240 g/mol. The van der Waals surface area contributed by atoms with Crippen LogP contribution in [0, 0.1) is 0 Å². The molecule has 1 aromatic carbocycles. The van der Waals surface area contributed by atoms with Crippen molar-refractivity contribution < 1.29 is 0 Å². The number of hydrogen-bond donors (Lipinski definition) is 1. The Morgan fingerprint density at radius 2 is 2.25 bits per heavy atom. The number of rotatable bonds is 4. The molecule has 1 aromatic heterocycles. The smallest absolute Gasteiger partial charge is 0.0951 e. The van der Waals surface area contributed by atoms with E-state index in [1.165, 1.54) is 9.71 Å². The Bertz CT molecular complexity index is 479. The first-order valence-corrected chi connectivity index (χ1v) is 6.63. The molecule has 0 radical (unpaired) electrons. The monoisotopic (exact) mass is 254 g/mol. The minimum atomic E-state index is 0.531. The molecule has 4 heteroatoms. The van der Waals surface area contributed by atoms with Gasteiger partial charge in [0.15, 0.2) is 0 Å². The predicted molar refractivity (Wildman–Crippen MR) is 71.5 cm³/mol. The molecule has 1 N–H and O–H groups in total. The third kappa shape index (κ3) is 2.94. The maximum absolute atomic E-state index is 5.94. The quantitative estimate of drug-likeness (QED) is 0.904. The number of aromatic nitrogens is 1. The molecule has 0 aliphatic carbocycles. The Morgan fingerprint density at radius 3 is 3.00 bits per heavy atom. The summed E-state index contributed by atoms with van der Waals surface area (Å²) in [6.45, 7) is 5.28. The summed E-state index contributed by atoms with van der Waals surface area (Å²) in [7, 11) is 0. The molecule has 2 aromatic rings. The molecule has 1 heterocycles. The SMILES string of the molecule is CC(C)NCCc1nc2ccc(Cl)cc2s1. The first-order valence-electron chi connectivity index (χ1n) is 5.43. The van der Waals surface area contributed by atoms with E-state index < -0.39 is 0 Å². The van der Waals surface area contributed by atoms with Crippen LogP contribution in [0.1, 0.15) is 18.9 Å². The first kappa shape index (κ1) is 11.8. The molecule has 0 bridgehead atoms. The summed E-state index contributed by atoms with van der Waals surface area (Å²) in [4.78, 5) is 4.57. The fourth-order valence-electron chi connectivity index (χ4n) is 1.52. The van der Waals surface area contributed by atoms with Crippen molar-refractivity contribution in [1.29, 1.82) is 0 Å². The minimum absolute atomic E-state index is 0.531. The van der Waals surface area contributed by atoms with Gasteiger partial charge in [-0.2, -0.15) is 0 Å². The lowest BCUT2D eigenvalue weighted by Crippen LogP contribution is -2.24. The highest BCUT2D eigenvalue weighted by Crippen LogP contribution is 2.25. The average Bonchev–Trinajstić information content (AvgIpc) is 2.58. The average molecular weight is 255 g/mol. The van der Waals surface area contributed by atoms with Crippen LogP contribution in [0.5, 0.6) is 0 Å². The van der Waals surface area contributed by atoms with Gasteiger partial charge in [-0.25, -0.2) is 4.98 Å². The van der Waals surface area contributed by atoms with Crippen LogP contribution in [-0.2, 0) is 6.42 Å². The summed E-state index contributed by atoms with van der Waals surface area (Å²) < 4.78 is 1.17. The number of fused-ring (bicyclic) bond motifs is 1. The van der Waals surface area contributed by atoms with Gasteiger partial charge in [0.1, 0.15) is 0 Å². The Balaban J connectivity index is 2.08. The fraction of sp³-hybridized carbons (Fsp3) is 0.417. The van der Waals surface area contributed by atoms with Crippen molar-refractivity contribution in [3.8, 4) is 0 Å². The summed E-state index contributed by atoms with van der Waals surface area (Å²) in [6, 6.07) is 6.38. The zero-order valence-corrected chi connectivity index (χ0v) is 11.0. The number of thiazole rings is 1. The molecule has 2 nitrogen and oxygen atoms in total. The van der Waals surface area contributed by atoms with E-state index in [2.05, 4.69) is 24.1 Å². The van der Waals surface area contributed by atoms with Crippen LogP contribution in [0.2, 0.25) is 5.02 Å². The normalized spacial score (nSPS) is 11.5. The van der Waals surface area contributed by atoms with E-state index in [9.17, 15) is 0 Å². The molecule has 2 rings (SSSR count). The number of halogens is 1. The number of benzene rings is 1. The molecule has 0 aliphatic heterocycles. The van der Waals surface area contributed by atoms with Crippen LogP contribution < -0.4 is 5.32 Å². The molecule has 0 fully saturated rings. The summed E-state index contributed by atoms with van der Waals surface area (Å²) in [6.07, 6.45) is 0.981. The number of nitrogens with zero attached hydrogens (tertiary/aromatic N) is 1. The second-order valence-electron chi connectivity index (χ2n) is 4.08. The second-order valence-corrected chi connectivity index (χ2v) is 5.63. The van der Waals surface area contributed by atoms with Gasteiger partial charge in [-0.05, 0) is 18.2 Å². The number of hydrogen-bond acceptors (Lipinski definition) is 3. The Kier molecular flexibility index (Phi) is 3.79. The summed E-state index contributed by atoms with van der Waals surface area (Å²) in [5.74, 6) is 0. The van der Waals surface area contributed by atoms with Gasteiger partial charge >= 0.3 is 0 Å². The molecular formula is C12H15ClN2S. The highest BCUT2D eigenvalue weighted by atomic mass is 35.5. The van der Waals surface area contributed by atoms with Gasteiger partial charge in [0.2, 0.25) is 0 Å². The van der Waals surface area contributed by atoms with Crippen LogP contribution in [0.3, 0.4) is 0 Å². The lowest BCUT2D eigenvalue weighted by molar-refractivity contribution is 0.590. The first-order chi connectivity index (χ1) is 7.65. The molecule has 0 atom stereocenters. The Morgan fingerprint density at radius 1 is 1.44 bits per heavy atom. The van der Waals surface area contributed by atoms with E-state index in [-0.39, 0.29) is 0 Å². The third-order valence-electron chi connectivity index (χ3n) is 2.29. The van der Waals surface area contributed by atoms with Gasteiger partial charge in [0, 0.05) is 24.0 Å². The Hall–Kier alpha value is -0.640.